The van der Waals surface area contributed by atoms with Gasteiger partial charge in [-0.25, -0.2) is 14.2 Å². The van der Waals surface area contributed by atoms with Gasteiger partial charge in [-0.2, -0.15) is 0 Å². The number of ether oxygens (including phenoxy) is 1. The SMILES string of the molecule is CC1=C(C(=O)OCc2ccccc2)C(c2ccc(F)cc2)n2c(s/c(=C/c3ccc(C)cc3)c2=O)=N1. The smallest absolute Gasteiger partial charge is 0.338 e. The lowest BCUT2D eigenvalue weighted by Gasteiger charge is -2.24. The standard InChI is InChI=1S/C29H23FN2O3S/c1-18-8-10-20(11-9-18)16-24-27(33)32-26(22-12-14-23(30)15-13-22)25(19(2)31-29(32)36-24)28(34)35-17-21-6-4-3-5-7-21/h3-16,26H,17H2,1-2H3/b24-16+. The highest BCUT2D eigenvalue weighted by atomic mass is 32.1. The number of thiazole rings is 1. The number of esters is 1. The lowest BCUT2D eigenvalue weighted by atomic mass is 9.96. The van der Waals surface area contributed by atoms with E-state index in [2.05, 4.69) is 4.99 Å². The molecule has 0 amide bonds. The number of hydrogen-bond donors (Lipinski definition) is 0. The molecular weight excluding hydrogens is 475 g/mol. The average molecular weight is 499 g/mol. The molecule has 1 atom stereocenters. The van der Waals surface area contributed by atoms with Gasteiger partial charge in [0.05, 0.1) is 21.8 Å². The fraction of sp³-hybridized carbons (Fsp3) is 0.138. The molecule has 0 aliphatic carbocycles. The van der Waals surface area contributed by atoms with Gasteiger partial charge >= 0.3 is 5.97 Å². The number of aryl methyl sites for hydroxylation is 1. The van der Waals surface area contributed by atoms with Gasteiger partial charge in [0.25, 0.3) is 5.56 Å². The van der Waals surface area contributed by atoms with E-state index < -0.39 is 17.8 Å². The molecule has 2 heterocycles. The number of carbonyl (C=O) groups is 1. The van der Waals surface area contributed by atoms with Crippen molar-refractivity contribution in [1.82, 2.24) is 4.57 Å². The van der Waals surface area contributed by atoms with Crippen molar-refractivity contribution >= 4 is 23.4 Å². The molecule has 180 valence electrons. The normalized spacial score (nSPS) is 15.4. The van der Waals surface area contributed by atoms with E-state index in [-0.39, 0.29) is 17.7 Å². The van der Waals surface area contributed by atoms with Crippen LogP contribution in [0.4, 0.5) is 4.39 Å². The lowest BCUT2D eigenvalue weighted by Crippen LogP contribution is -2.39. The van der Waals surface area contributed by atoms with Crippen LogP contribution in [0, 0.1) is 12.7 Å². The molecule has 0 bridgehead atoms. The highest BCUT2D eigenvalue weighted by Gasteiger charge is 2.33. The first-order chi connectivity index (χ1) is 17.4. The number of benzene rings is 3. The van der Waals surface area contributed by atoms with E-state index in [1.165, 1.54) is 28.0 Å². The van der Waals surface area contributed by atoms with Gasteiger partial charge in [0.1, 0.15) is 12.4 Å². The molecule has 0 fully saturated rings. The average Bonchev–Trinajstić information content (AvgIpc) is 3.18. The summed E-state index contributed by atoms with van der Waals surface area (Å²) in [6, 6.07) is 22.2. The Morgan fingerprint density at radius 2 is 1.72 bits per heavy atom. The molecular formula is C29H23FN2O3S. The van der Waals surface area contributed by atoms with Gasteiger partial charge in [0, 0.05) is 0 Å². The molecule has 0 saturated carbocycles. The fourth-order valence-electron chi connectivity index (χ4n) is 4.16. The minimum atomic E-state index is -0.787. The van der Waals surface area contributed by atoms with E-state index in [1.54, 1.807) is 19.1 Å². The largest absolute Gasteiger partial charge is 0.457 e. The molecule has 0 radical (unpaired) electrons. The van der Waals surface area contributed by atoms with Crippen molar-refractivity contribution in [3.63, 3.8) is 0 Å². The van der Waals surface area contributed by atoms with Crippen LogP contribution in [0.15, 0.2) is 99.9 Å². The second-order valence-corrected chi connectivity index (χ2v) is 9.61. The van der Waals surface area contributed by atoms with E-state index in [1.807, 2.05) is 67.6 Å². The van der Waals surface area contributed by atoms with E-state index in [9.17, 15) is 14.0 Å². The highest BCUT2D eigenvalue weighted by molar-refractivity contribution is 7.07. The Labute approximate surface area is 211 Å². The second-order valence-electron chi connectivity index (χ2n) is 8.61. The van der Waals surface area contributed by atoms with Gasteiger partial charge in [-0.1, -0.05) is 83.6 Å². The first kappa shape index (κ1) is 23.6. The third-order valence-electron chi connectivity index (χ3n) is 6.02. The van der Waals surface area contributed by atoms with Crippen molar-refractivity contribution in [1.29, 1.82) is 0 Å². The zero-order valence-electron chi connectivity index (χ0n) is 19.8. The van der Waals surface area contributed by atoms with Crippen LogP contribution in [0.3, 0.4) is 0 Å². The maximum Gasteiger partial charge on any atom is 0.338 e. The minimum absolute atomic E-state index is 0.0877. The maximum atomic E-state index is 13.8. The van der Waals surface area contributed by atoms with Crippen LogP contribution in [0.1, 0.15) is 35.2 Å². The van der Waals surface area contributed by atoms with Crippen molar-refractivity contribution < 1.29 is 13.9 Å². The lowest BCUT2D eigenvalue weighted by molar-refractivity contribution is -0.140. The second kappa shape index (κ2) is 9.87. The van der Waals surface area contributed by atoms with Gasteiger partial charge < -0.3 is 4.74 Å². The predicted octanol–water partition coefficient (Wildman–Crippen LogP) is 4.43. The molecule has 1 aliphatic rings. The van der Waals surface area contributed by atoms with E-state index in [0.717, 1.165) is 16.7 Å². The van der Waals surface area contributed by atoms with Crippen LogP contribution in [0.25, 0.3) is 6.08 Å². The number of nitrogens with zero attached hydrogens (tertiary/aromatic N) is 2. The van der Waals surface area contributed by atoms with Crippen molar-refractivity contribution in [2.75, 3.05) is 0 Å². The third kappa shape index (κ3) is 4.70. The molecule has 1 aliphatic heterocycles. The molecule has 5 rings (SSSR count). The number of carbonyl (C=O) groups excluding carboxylic acids is 1. The van der Waals surface area contributed by atoms with Crippen LogP contribution < -0.4 is 14.9 Å². The van der Waals surface area contributed by atoms with E-state index in [4.69, 9.17) is 4.74 Å². The van der Waals surface area contributed by atoms with Crippen LogP contribution in [-0.4, -0.2) is 10.5 Å². The van der Waals surface area contributed by atoms with Crippen molar-refractivity contribution in [2.24, 2.45) is 4.99 Å². The first-order valence-corrected chi connectivity index (χ1v) is 12.3. The Morgan fingerprint density at radius 1 is 1.03 bits per heavy atom. The Balaban J connectivity index is 1.61. The molecule has 1 aromatic heterocycles. The molecule has 36 heavy (non-hydrogen) atoms. The maximum absolute atomic E-state index is 13.8. The molecule has 0 saturated heterocycles. The summed E-state index contributed by atoms with van der Waals surface area (Å²) in [5.74, 6) is -0.971. The summed E-state index contributed by atoms with van der Waals surface area (Å²) in [7, 11) is 0. The molecule has 0 spiro atoms. The van der Waals surface area contributed by atoms with Gasteiger partial charge in [0.15, 0.2) is 4.80 Å². The summed E-state index contributed by atoms with van der Waals surface area (Å²) >= 11 is 1.26. The van der Waals surface area contributed by atoms with Gasteiger partial charge in [0.2, 0.25) is 0 Å². The predicted molar refractivity (Wildman–Crippen MR) is 138 cm³/mol. The zero-order chi connectivity index (χ0) is 25.2. The quantitative estimate of drug-likeness (QED) is 0.383. The number of aromatic nitrogens is 1. The Hall–Kier alpha value is -4.10. The number of allylic oxidation sites excluding steroid dienone is 1. The summed E-state index contributed by atoms with van der Waals surface area (Å²) < 4.78 is 21.4. The van der Waals surface area contributed by atoms with Crippen LogP contribution in [-0.2, 0) is 16.1 Å². The van der Waals surface area contributed by atoms with E-state index in [0.29, 0.717) is 20.6 Å². The first-order valence-electron chi connectivity index (χ1n) is 11.5. The topological polar surface area (TPSA) is 60.7 Å². The molecule has 7 heteroatoms. The summed E-state index contributed by atoms with van der Waals surface area (Å²) in [6.07, 6.45) is 1.82. The summed E-state index contributed by atoms with van der Waals surface area (Å²) in [6.45, 7) is 3.82. The Bertz CT molecular complexity index is 1630. The van der Waals surface area contributed by atoms with Crippen molar-refractivity contribution in [3.8, 4) is 0 Å². The van der Waals surface area contributed by atoms with Crippen LogP contribution in [0.2, 0.25) is 0 Å². The highest BCUT2D eigenvalue weighted by Crippen LogP contribution is 2.31. The molecule has 0 N–H and O–H groups in total. The van der Waals surface area contributed by atoms with Gasteiger partial charge in [-0.3, -0.25) is 9.36 Å². The van der Waals surface area contributed by atoms with E-state index >= 15 is 0 Å². The van der Waals surface area contributed by atoms with Crippen LogP contribution >= 0.6 is 11.3 Å². The fourth-order valence-corrected chi connectivity index (χ4v) is 5.20. The number of halogens is 1. The monoisotopic (exact) mass is 498 g/mol. The molecule has 4 aromatic rings. The van der Waals surface area contributed by atoms with Crippen molar-refractivity contribution in [2.45, 2.75) is 26.5 Å². The number of hydrogen-bond acceptors (Lipinski definition) is 5. The molecule has 3 aromatic carbocycles. The summed E-state index contributed by atoms with van der Waals surface area (Å²) in [4.78, 5) is 32.0. The van der Waals surface area contributed by atoms with Gasteiger partial charge in [-0.15, -0.1) is 0 Å². The Morgan fingerprint density at radius 3 is 2.42 bits per heavy atom. The zero-order valence-corrected chi connectivity index (χ0v) is 20.6. The van der Waals surface area contributed by atoms with Crippen molar-refractivity contribution in [3.05, 3.63) is 138 Å². The van der Waals surface area contributed by atoms with Gasteiger partial charge in [-0.05, 0) is 48.7 Å². The minimum Gasteiger partial charge on any atom is -0.457 e. The number of rotatable bonds is 5. The molecule has 5 nitrogen and oxygen atoms in total. The summed E-state index contributed by atoms with van der Waals surface area (Å²) in [5.41, 5.74) is 3.91. The molecule has 1 unspecified atom stereocenters. The third-order valence-corrected chi connectivity index (χ3v) is 7.00. The summed E-state index contributed by atoms with van der Waals surface area (Å²) in [5, 5.41) is 0. The van der Waals surface area contributed by atoms with Crippen LogP contribution in [0.5, 0.6) is 0 Å². The number of fused-ring (bicyclic) bond motifs is 1. The Kier molecular flexibility index (Phi) is 6.48.